The van der Waals surface area contributed by atoms with E-state index in [-0.39, 0.29) is 21.2 Å². The molecule has 9 heteroatoms. The van der Waals surface area contributed by atoms with E-state index in [1.165, 1.54) is 35.6 Å². The van der Waals surface area contributed by atoms with Crippen molar-refractivity contribution in [3.63, 3.8) is 0 Å². The molecule has 1 atom stereocenters. The average Bonchev–Trinajstić information content (AvgIpc) is 3.11. The van der Waals surface area contributed by atoms with Crippen LogP contribution in [0.15, 0.2) is 53.4 Å². The quantitative estimate of drug-likeness (QED) is 0.501. The summed E-state index contributed by atoms with van der Waals surface area (Å²) in [6.45, 7) is 2.18. The number of anilines is 2. The highest BCUT2D eigenvalue weighted by atomic mass is 35.5. The van der Waals surface area contributed by atoms with E-state index in [9.17, 15) is 18.5 Å². The molecular weight excluding hydrogens is 466 g/mol. The lowest BCUT2D eigenvalue weighted by atomic mass is 9.88. The van der Waals surface area contributed by atoms with Gasteiger partial charge in [-0.2, -0.15) is 5.26 Å². The zero-order valence-corrected chi connectivity index (χ0v) is 19.6. The maximum Gasteiger partial charge on any atom is 0.261 e. The van der Waals surface area contributed by atoms with E-state index in [1.807, 2.05) is 0 Å². The number of carbonyl (C=O) groups is 1. The summed E-state index contributed by atoms with van der Waals surface area (Å²) < 4.78 is 28.1. The van der Waals surface area contributed by atoms with Crippen molar-refractivity contribution in [2.45, 2.75) is 31.1 Å². The Balaban J connectivity index is 1.58. The summed E-state index contributed by atoms with van der Waals surface area (Å²) in [7, 11) is -3.95. The van der Waals surface area contributed by atoms with Gasteiger partial charge in [0, 0.05) is 10.4 Å². The summed E-state index contributed by atoms with van der Waals surface area (Å²) in [5, 5.41) is 13.2. The van der Waals surface area contributed by atoms with Gasteiger partial charge in [-0.25, -0.2) is 8.42 Å². The number of benzene rings is 2. The molecule has 1 amide bonds. The number of amides is 1. The molecule has 0 saturated carbocycles. The molecule has 0 unspecified atom stereocenters. The number of sulfonamides is 1. The van der Waals surface area contributed by atoms with Crippen LogP contribution >= 0.6 is 22.9 Å². The van der Waals surface area contributed by atoms with E-state index in [1.54, 1.807) is 24.3 Å². The molecule has 2 aromatic carbocycles. The van der Waals surface area contributed by atoms with Crippen molar-refractivity contribution in [1.82, 2.24) is 0 Å². The lowest BCUT2D eigenvalue weighted by molar-refractivity contribution is 0.102. The molecular formula is C23H20ClN3O3S2. The normalized spacial score (nSPS) is 15.5. The molecule has 0 saturated heterocycles. The molecule has 0 radical (unpaired) electrons. The van der Waals surface area contributed by atoms with Crippen LogP contribution in [0.25, 0.3) is 0 Å². The Morgan fingerprint density at radius 1 is 1.22 bits per heavy atom. The van der Waals surface area contributed by atoms with Crippen LogP contribution in [0.5, 0.6) is 0 Å². The van der Waals surface area contributed by atoms with Gasteiger partial charge in [0.25, 0.3) is 15.9 Å². The monoisotopic (exact) mass is 485 g/mol. The lowest BCUT2D eigenvalue weighted by Crippen LogP contribution is -2.16. The number of nitrogens with one attached hydrogen (secondary N) is 2. The molecule has 2 N–H and O–H groups in total. The summed E-state index contributed by atoms with van der Waals surface area (Å²) in [5.74, 6) is 0.0756. The van der Waals surface area contributed by atoms with E-state index in [4.69, 9.17) is 11.6 Å². The fourth-order valence-electron chi connectivity index (χ4n) is 3.68. The number of thiophene rings is 1. The van der Waals surface area contributed by atoms with Gasteiger partial charge in [0.15, 0.2) is 0 Å². The van der Waals surface area contributed by atoms with Gasteiger partial charge in [-0.05, 0) is 61.1 Å². The highest BCUT2D eigenvalue weighted by molar-refractivity contribution is 7.92. The maximum absolute atomic E-state index is 12.9. The smallest absolute Gasteiger partial charge is 0.261 e. The molecule has 1 heterocycles. The summed E-state index contributed by atoms with van der Waals surface area (Å²) >= 11 is 7.48. The van der Waals surface area contributed by atoms with Crippen molar-refractivity contribution in [3.8, 4) is 6.07 Å². The number of halogens is 1. The van der Waals surface area contributed by atoms with E-state index < -0.39 is 15.9 Å². The van der Waals surface area contributed by atoms with Gasteiger partial charge >= 0.3 is 0 Å². The van der Waals surface area contributed by atoms with Crippen LogP contribution in [0.2, 0.25) is 5.02 Å². The van der Waals surface area contributed by atoms with Crippen LogP contribution in [0.3, 0.4) is 0 Å². The average molecular weight is 486 g/mol. The molecule has 1 aliphatic carbocycles. The summed E-state index contributed by atoms with van der Waals surface area (Å²) in [6, 6.07) is 14.5. The summed E-state index contributed by atoms with van der Waals surface area (Å²) in [4.78, 5) is 14.0. The van der Waals surface area contributed by atoms with E-state index in [0.29, 0.717) is 16.5 Å². The third-order valence-corrected chi connectivity index (χ3v) is 8.24. The molecule has 0 fully saturated rings. The third kappa shape index (κ3) is 4.51. The minimum atomic E-state index is -3.95. The number of nitrogens with zero attached hydrogens (tertiary/aromatic N) is 1. The molecule has 164 valence electrons. The van der Waals surface area contributed by atoms with Crippen molar-refractivity contribution < 1.29 is 13.2 Å². The second kappa shape index (κ2) is 8.94. The lowest BCUT2D eigenvalue weighted by Gasteiger charge is -2.17. The van der Waals surface area contributed by atoms with Crippen LogP contribution in [0.4, 0.5) is 10.7 Å². The van der Waals surface area contributed by atoms with Gasteiger partial charge in [0.1, 0.15) is 11.1 Å². The molecule has 3 aromatic rings. The van der Waals surface area contributed by atoms with Crippen molar-refractivity contribution in [2.24, 2.45) is 5.92 Å². The fraction of sp³-hybridized carbons (Fsp3) is 0.217. The largest absolute Gasteiger partial charge is 0.312 e. The highest BCUT2D eigenvalue weighted by Gasteiger charge is 2.25. The van der Waals surface area contributed by atoms with Crippen LogP contribution in [0, 0.1) is 17.2 Å². The van der Waals surface area contributed by atoms with Gasteiger partial charge in [-0.1, -0.05) is 36.7 Å². The summed E-state index contributed by atoms with van der Waals surface area (Å²) in [5.41, 5.74) is 1.96. The van der Waals surface area contributed by atoms with Crippen molar-refractivity contribution in [2.75, 3.05) is 10.0 Å². The number of hydrogen-bond acceptors (Lipinski definition) is 5. The molecule has 1 aromatic heterocycles. The number of fused-ring (bicyclic) bond motifs is 1. The molecule has 32 heavy (non-hydrogen) atoms. The van der Waals surface area contributed by atoms with Gasteiger partial charge in [-0.3, -0.25) is 9.52 Å². The highest BCUT2D eigenvalue weighted by Crippen LogP contribution is 2.39. The number of hydrogen-bond donors (Lipinski definition) is 2. The Bertz CT molecular complexity index is 1340. The molecule has 0 aliphatic heterocycles. The standard InChI is InChI=1S/C23H20ClN3O3S2/c1-14-9-10-17-18(13-25)23(31-21(17)11-14)26-22(28)15-5-4-6-16(12-15)32(29,30)27-20-8-3-2-7-19(20)24/h2-8,12,14,27H,9-11H2,1H3,(H,26,28)/t14-/m1/s1. The molecule has 4 rings (SSSR count). The van der Waals surface area contributed by atoms with Gasteiger partial charge in [0.05, 0.1) is 21.2 Å². The van der Waals surface area contributed by atoms with Crippen LogP contribution in [-0.2, 0) is 22.9 Å². The Kier molecular flexibility index (Phi) is 6.24. The number of carbonyl (C=O) groups excluding carboxylic acids is 1. The van der Waals surface area contributed by atoms with Crippen LogP contribution < -0.4 is 10.0 Å². The minimum Gasteiger partial charge on any atom is -0.312 e. The predicted octanol–water partition coefficient (Wildman–Crippen LogP) is 5.45. The Morgan fingerprint density at radius 3 is 2.75 bits per heavy atom. The first-order valence-electron chi connectivity index (χ1n) is 10.0. The van der Waals surface area contributed by atoms with Crippen LogP contribution in [0.1, 0.15) is 39.7 Å². The maximum atomic E-state index is 12.9. The third-order valence-electron chi connectivity index (χ3n) is 5.38. The molecule has 6 nitrogen and oxygen atoms in total. The Labute approximate surface area is 195 Å². The molecule has 1 aliphatic rings. The molecule has 0 bridgehead atoms. The minimum absolute atomic E-state index is 0.0649. The molecule has 0 spiro atoms. The first kappa shape index (κ1) is 22.3. The first-order valence-corrected chi connectivity index (χ1v) is 12.7. The van der Waals surface area contributed by atoms with Gasteiger partial charge in [-0.15, -0.1) is 11.3 Å². The number of nitriles is 1. The number of rotatable bonds is 5. The zero-order chi connectivity index (χ0) is 22.9. The second-order valence-corrected chi connectivity index (χ2v) is 10.9. The second-order valence-electron chi connectivity index (χ2n) is 7.73. The van der Waals surface area contributed by atoms with Gasteiger partial charge in [0.2, 0.25) is 0 Å². The first-order chi connectivity index (χ1) is 15.3. The van der Waals surface area contributed by atoms with Gasteiger partial charge < -0.3 is 5.32 Å². The zero-order valence-electron chi connectivity index (χ0n) is 17.2. The fourth-order valence-corrected chi connectivity index (χ4v) is 6.40. The van der Waals surface area contributed by atoms with E-state index >= 15 is 0 Å². The van der Waals surface area contributed by atoms with E-state index in [2.05, 4.69) is 23.0 Å². The van der Waals surface area contributed by atoms with Crippen molar-refractivity contribution in [1.29, 1.82) is 5.26 Å². The topological polar surface area (TPSA) is 99.1 Å². The SMILES string of the molecule is C[C@@H]1CCc2c(sc(NC(=O)c3cccc(S(=O)(=O)Nc4ccccc4Cl)c3)c2C#N)C1. The van der Waals surface area contributed by atoms with Crippen molar-refractivity contribution >= 4 is 49.6 Å². The predicted molar refractivity (Wildman–Crippen MR) is 127 cm³/mol. The van der Waals surface area contributed by atoms with E-state index in [0.717, 1.165) is 29.7 Å². The Hall–Kier alpha value is -2.86. The Morgan fingerprint density at radius 2 is 2.00 bits per heavy atom. The van der Waals surface area contributed by atoms with Crippen LogP contribution in [-0.4, -0.2) is 14.3 Å². The van der Waals surface area contributed by atoms with Crippen molar-refractivity contribution in [3.05, 3.63) is 75.1 Å². The number of para-hydroxylation sites is 1. The summed E-state index contributed by atoms with van der Waals surface area (Å²) in [6.07, 6.45) is 2.74.